The average Bonchev–Trinajstić information content (AvgIpc) is 2.92. The Morgan fingerprint density at radius 3 is 2.85 bits per heavy atom. The molecule has 3 rings (SSSR count). The van der Waals surface area contributed by atoms with Crippen LogP contribution in [0.4, 0.5) is 0 Å². The third kappa shape index (κ3) is 2.03. The summed E-state index contributed by atoms with van der Waals surface area (Å²) in [6, 6.07) is 7.71. The minimum absolute atomic E-state index is 0.0584. The summed E-state index contributed by atoms with van der Waals surface area (Å²) in [5.74, 6) is -0.869. The predicted octanol–water partition coefficient (Wildman–Crippen LogP) is 2.36. The predicted molar refractivity (Wildman–Crippen MR) is 74.9 cm³/mol. The first-order valence-electron chi connectivity index (χ1n) is 6.25. The molecule has 0 radical (unpaired) electrons. The number of aliphatic carboxylic acids is 1. The zero-order chi connectivity index (χ0) is 14.1. The van der Waals surface area contributed by atoms with Gasteiger partial charge in [0.2, 0.25) is 0 Å². The van der Waals surface area contributed by atoms with Crippen molar-refractivity contribution in [3.05, 3.63) is 54.2 Å². The number of rotatable bonds is 3. The topological polar surface area (TPSA) is 68.0 Å². The average molecular weight is 267 g/mol. The maximum absolute atomic E-state index is 11.1. The van der Waals surface area contributed by atoms with Gasteiger partial charge in [-0.25, -0.2) is 4.98 Å². The fourth-order valence-corrected chi connectivity index (χ4v) is 2.40. The van der Waals surface area contributed by atoms with Gasteiger partial charge in [0.1, 0.15) is 0 Å². The quantitative estimate of drug-likeness (QED) is 0.791. The second-order valence-electron chi connectivity index (χ2n) is 4.58. The Bertz CT molecular complexity index is 779. The van der Waals surface area contributed by atoms with E-state index >= 15 is 0 Å². The van der Waals surface area contributed by atoms with Gasteiger partial charge in [0.05, 0.1) is 24.0 Å². The van der Waals surface area contributed by atoms with Gasteiger partial charge in [-0.05, 0) is 13.0 Å². The maximum Gasteiger partial charge on any atom is 0.307 e. The van der Waals surface area contributed by atoms with Crippen LogP contribution in [-0.4, -0.2) is 25.6 Å². The van der Waals surface area contributed by atoms with E-state index in [0.29, 0.717) is 5.56 Å². The molecule has 0 saturated heterocycles. The zero-order valence-corrected chi connectivity index (χ0v) is 10.9. The molecule has 0 saturated carbocycles. The third-order valence-electron chi connectivity index (χ3n) is 3.26. The Balaban J connectivity index is 2.38. The van der Waals surface area contributed by atoms with Crippen LogP contribution >= 0.6 is 0 Å². The number of carboxylic acid groups (broad SMARTS) is 1. The molecule has 0 bridgehead atoms. The molecule has 0 aliphatic carbocycles. The minimum atomic E-state index is -0.869. The molecule has 0 atom stereocenters. The summed E-state index contributed by atoms with van der Waals surface area (Å²) in [6.07, 6.45) is 5.10. The third-order valence-corrected chi connectivity index (χ3v) is 3.26. The minimum Gasteiger partial charge on any atom is -0.481 e. The number of imidazole rings is 1. The molecule has 2 aromatic heterocycles. The van der Waals surface area contributed by atoms with E-state index < -0.39 is 5.97 Å². The number of benzene rings is 1. The summed E-state index contributed by atoms with van der Waals surface area (Å²) < 4.78 is 1.84. The smallest absolute Gasteiger partial charge is 0.307 e. The maximum atomic E-state index is 11.1. The number of pyridine rings is 1. The first-order chi connectivity index (χ1) is 9.66. The van der Waals surface area contributed by atoms with Crippen molar-refractivity contribution in [2.45, 2.75) is 13.3 Å². The van der Waals surface area contributed by atoms with E-state index in [0.717, 1.165) is 22.3 Å². The first-order valence-corrected chi connectivity index (χ1v) is 6.25. The Labute approximate surface area is 115 Å². The van der Waals surface area contributed by atoms with Crippen LogP contribution < -0.4 is 0 Å². The molecule has 1 aromatic carbocycles. The van der Waals surface area contributed by atoms with Crippen LogP contribution in [-0.2, 0) is 11.2 Å². The van der Waals surface area contributed by atoms with E-state index in [-0.39, 0.29) is 6.42 Å². The van der Waals surface area contributed by atoms with Gasteiger partial charge in [-0.15, -0.1) is 0 Å². The van der Waals surface area contributed by atoms with E-state index in [1.54, 1.807) is 12.5 Å². The number of nitrogens with zero attached hydrogens (tertiary/aromatic N) is 3. The van der Waals surface area contributed by atoms with E-state index in [2.05, 4.69) is 9.97 Å². The SMILES string of the molecule is Cc1nc2ccccc2c(-n2ccnc2)c1CC(=O)O. The van der Waals surface area contributed by atoms with Gasteiger partial charge < -0.3 is 9.67 Å². The molecule has 0 fully saturated rings. The summed E-state index contributed by atoms with van der Waals surface area (Å²) in [5, 5.41) is 10.1. The van der Waals surface area contributed by atoms with Crippen LogP contribution in [0.25, 0.3) is 16.6 Å². The highest BCUT2D eigenvalue weighted by molar-refractivity contribution is 5.90. The number of hydrogen-bond donors (Lipinski definition) is 1. The summed E-state index contributed by atoms with van der Waals surface area (Å²) in [5.41, 5.74) is 3.14. The number of para-hydroxylation sites is 1. The molecule has 5 heteroatoms. The molecule has 3 aromatic rings. The van der Waals surface area contributed by atoms with Crippen LogP contribution in [0.2, 0.25) is 0 Å². The van der Waals surface area contributed by atoms with Crippen molar-refractivity contribution >= 4 is 16.9 Å². The lowest BCUT2D eigenvalue weighted by Gasteiger charge is -2.14. The fourth-order valence-electron chi connectivity index (χ4n) is 2.40. The van der Waals surface area contributed by atoms with Crippen molar-refractivity contribution in [2.75, 3.05) is 0 Å². The summed E-state index contributed by atoms with van der Waals surface area (Å²) in [6.45, 7) is 1.84. The second-order valence-corrected chi connectivity index (χ2v) is 4.58. The lowest BCUT2D eigenvalue weighted by molar-refractivity contribution is -0.136. The van der Waals surface area contributed by atoms with E-state index in [1.165, 1.54) is 0 Å². The molecule has 1 N–H and O–H groups in total. The van der Waals surface area contributed by atoms with Crippen molar-refractivity contribution in [1.29, 1.82) is 0 Å². The Morgan fingerprint density at radius 1 is 1.35 bits per heavy atom. The van der Waals surface area contributed by atoms with Crippen molar-refractivity contribution in [1.82, 2.24) is 14.5 Å². The van der Waals surface area contributed by atoms with Crippen LogP contribution in [0.15, 0.2) is 43.0 Å². The molecule has 0 aliphatic heterocycles. The molecule has 0 amide bonds. The molecule has 5 nitrogen and oxygen atoms in total. The Morgan fingerprint density at radius 2 is 2.15 bits per heavy atom. The second kappa shape index (κ2) is 4.77. The van der Waals surface area contributed by atoms with Gasteiger partial charge >= 0.3 is 5.97 Å². The summed E-state index contributed by atoms with van der Waals surface area (Å²) >= 11 is 0. The van der Waals surface area contributed by atoms with Gasteiger partial charge in [0, 0.05) is 29.0 Å². The fraction of sp³-hybridized carbons (Fsp3) is 0.133. The normalized spacial score (nSPS) is 10.8. The number of fused-ring (bicyclic) bond motifs is 1. The monoisotopic (exact) mass is 267 g/mol. The van der Waals surface area contributed by atoms with Gasteiger partial charge in [-0.3, -0.25) is 9.78 Å². The number of carboxylic acids is 1. The molecule has 2 heterocycles. The number of hydrogen-bond acceptors (Lipinski definition) is 3. The molecular weight excluding hydrogens is 254 g/mol. The van der Waals surface area contributed by atoms with Crippen LogP contribution in [0.1, 0.15) is 11.3 Å². The van der Waals surface area contributed by atoms with Crippen molar-refractivity contribution in [2.24, 2.45) is 0 Å². The number of carbonyl (C=O) groups is 1. The highest BCUT2D eigenvalue weighted by atomic mass is 16.4. The van der Waals surface area contributed by atoms with Crippen molar-refractivity contribution in [3.8, 4) is 5.69 Å². The van der Waals surface area contributed by atoms with Gasteiger partial charge in [-0.2, -0.15) is 0 Å². The van der Waals surface area contributed by atoms with Gasteiger partial charge in [0.25, 0.3) is 0 Å². The molecule has 0 spiro atoms. The summed E-state index contributed by atoms with van der Waals surface area (Å²) in [7, 11) is 0. The van der Waals surface area contributed by atoms with E-state index in [9.17, 15) is 4.79 Å². The standard InChI is InChI=1S/C15H13N3O2/c1-10-12(8-14(19)20)15(18-7-6-16-9-18)11-4-2-3-5-13(11)17-10/h2-7,9H,8H2,1H3,(H,19,20). The van der Waals surface area contributed by atoms with Crippen LogP contribution in [0, 0.1) is 6.92 Å². The van der Waals surface area contributed by atoms with Crippen LogP contribution in [0.3, 0.4) is 0 Å². The number of aryl methyl sites for hydroxylation is 1. The lowest BCUT2D eigenvalue weighted by atomic mass is 10.0. The molecule has 0 aliphatic rings. The number of aromatic nitrogens is 3. The Hall–Kier alpha value is -2.69. The van der Waals surface area contributed by atoms with Crippen molar-refractivity contribution < 1.29 is 9.90 Å². The first kappa shape index (κ1) is 12.3. The zero-order valence-electron chi connectivity index (χ0n) is 10.9. The summed E-state index contributed by atoms with van der Waals surface area (Å²) in [4.78, 5) is 19.7. The van der Waals surface area contributed by atoms with Crippen molar-refractivity contribution in [3.63, 3.8) is 0 Å². The largest absolute Gasteiger partial charge is 0.481 e. The molecule has 20 heavy (non-hydrogen) atoms. The highest BCUT2D eigenvalue weighted by Crippen LogP contribution is 2.27. The molecule has 100 valence electrons. The van der Waals surface area contributed by atoms with E-state index in [4.69, 9.17) is 5.11 Å². The van der Waals surface area contributed by atoms with E-state index in [1.807, 2.05) is 42.0 Å². The molecular formula is C15H13N3O2. The van der Waals surface area contributed by atoms with Gasteiger partial charge in [-0.1, -0.05) is 18.2 Å². The lowest BCUT2D eigenvalue weighted by Crippen LogP contribution is -2.09. The van der Waals surface area contributed by atoms with Gasteiger partial charge in [0.15, 0.2) is 0 Å². The Kier molecular flexibility index (Phi) is 2.95. The van der Waals surface area contributed by atoms with Crippen LogP contribution in [0.5, 0.6) is 0 Å². The molecule has 0 unspecified atom stereocenters. The highest BCUT2D eigenvalue weighted by Gasteiger charge is 2.16.